The maximum atomic E-state index is 10.0. The molecule has 1 saturated carbocycles. The van der Waals surface area contributed by atoms with Crippen molar-refractivity contribution in [3.63, 3.8) is 0 Å². The summed E-state index contributed by atoms with van der Waals surface area (Å²) in [6, 6.07) is 0.369. The highest BCUT2D eigenvalue weighted by Crippen LogP contribution is 2.30. The molecule has 0 aromatic carbocycles. The third-order valence-electron chi connectivity index (χ3n) is 1.66. The van der Waals surface area contributed by atoms with E-state index in [0.29, 0.717) is 12.0 Å². The highest BCUT2D eigenvalue weighted by molar-refractivity contribution is 5.69. The van der Waals surface area contributed by atoms with Gasteiger partial charge in [0, 0.05) is 6.04 Å². The Bertz CT molecular complexity index is 156. The number of nitrogens with one attached hydrogen (secondary N) is 1. The van der Waals surface area contributed by atoms with E-state index in [9.17, 15) is 4.79 Å². The average molecular weight is 141 g/mol. The summed E-state index contributed by atoms with van der Waals surface area (Å²) in [6.07, 6.45) is 2.90. The van der Waals surface area contributed by atoms with Crippen LogP contribution in [-0.4, -0.2) is 23.7 Å². The molecule has 0 aliphatic heterocycles. The van der Waals surface area contributed by atoms with Gasteiger partial charge in [-0.3, -0.25) is 4.79 Å². The summed E-state index contributed by atoms with van der Waals surface area (Å²) in [5.74, 6) is -0.297. The highest BCUT2D eigenvalue weighted by Gasteiger charge is 2.33. The van der Waals surface area contributed by atoms with Crippen molar-refractivity contribution in [2.45, 2.75) is 12.5 Å². The molecule has 0 aromatic heterocycles. The summed E-state index contributed by atoms with van der Waals surface area (Å²) in [5, 5.41) is 11.1. The number of rotatable bonds is 4. The molecule has 1 fully saturated rings. The first-order valence-corrected chi connectivity index (χ1v) is 3.31. The van der Waals surface area contributed by atoms with E-state index in [0.717, 1.165) is 6.42 Å². The van der Waals surface area contributed by atoms with Gasteiger partial charge >= 0.3 is 5.97 Å². The van der Waals surface area contributed by atoms with Gasteiger partial charge in [-0.05, 0) is 12.3 Å². The van der Waals surface area contributed by atoms with Crippen LogP contribution < -0.4 is 5.32 Å². The summed E-state index contributed by atoms with van der Waals surface area (Å²) in [7, 11) is 0. The Labute approximate surface area is 59.7 Å². The molecular weight excluding hydrogens is 130 g/mol. The molecular formula is C7H11NO2. The quantitative estimate of drug-likeness (QED) is 0.551. The first-order valence-electron chi connectivity index (χ1n) is 3.31. The van der Waals surface area contributed by atoms with Crippen LogP contribution in [0.1, 0.15) is 6.42 Å². The molecule has 0 heterocycles. The zero-order valence-corrected chi connectivity index (χ0v) is 5.71. The fourth-order valence-corrected chi connectivity index (χ4v) is 0.928. The van der Waals surface area contributed by atoms with Crippen LogP contribution >= 0.6 is 0 Å². The van der Waals surface area contributed by atoms with Gasteiger partial charge in [0.1, 0.15) is 0 Å². The molecule has 0 aromatic rings. The highest BCUT2D eigenvalue weighted by atomic mass is 16.4. The van der Waals surface area contributed by atoms with Crippen molar-refractivity contribution in [3.8, 4) is 0 Å². The molecule has 2 atom stereocenters. The predicted molar refractivity (Wildman–Crippen MR) is 37.7 cm³/mol. The van der Waals surface area contributed by atoms with E-state index < -0.39 is 5.97 Å². The lowest BCUT2D eigenvalue weighted by molar-refractivity contribution is -0.136. The van der Waals surface area contributed by atoms with Crippen LogP contribution in [0, 0.1) is 5.92 Å². The van der Waals surface area contributed by atoms with Gasteiger partial charge in [-0.2, -0.15) is 0 Å². The molecule has 0 radical (unpaired) electrons. The summed E-state index contributed by atoms with van der Waals surface area (Å²) in [6.45, 7) is 3.68. The van der Waals surface area contributed by atoms with Gasteiger partial charge in [-0.25, -0.2) is 0 Å². The molecule has 3 heteroatoms. The Kier molecular flexibility index (Phi) is 2.06. The second-order valence-corrected chi connectivity index (χ2v) is 2.52. The van der Waals surface area contributed by atoms with Crippen LogP contribution in [0.15, 0.2) is 12.7 Å². The largest absolute Gasteiger partial charge is 0.480 e. The first-order chi connectivity index (χ1) is 4.74. The van der Waals surface area contributed by atoms with Crippen LogP contribution in [0.2, 0.25) is 0 Å². The van der Waals surface area contributed by atoms with Crippen molar-refractivity contribution in [2.75, 3.05) is 6.54 Å². The minimum absolute atomic E-state index is 0.0645. The number of aliphatic carboxylic acids is 1. The second kappa shape index (κ2) is 2.84. The van der Waals surface area contributed by atoms with E-state index in [2.05, 4.69) is 11.9 Å². The first kappa shape index (κ1) is 7.28. The van der Waals surface area contributed by atoms with Crippen molar-refractivity contribution in [2.24, 2.45) is 5.92 Å². The molecule has 56 valence electrons. The molecule has 10 heavy (non-hydrogen) atoms. The smallest absolute Gasteiger partial charge is 0.317 e. The Morgan fingerprint density at radius 1 is 1.90 bits per heavy atom. The Morgan fingerprint density at radius 3 is 3.00 bits per heavy atom. The maximum Gasteiger partial charge on any atom is 0.317 e. The fraction of sp³-hybridized carbons (Fsp3) is 0.571. The van der Waals surface area contributed by atoms with E-state index in [1.807, 2.05) is 6.08 Å². The standard InChI is InChI=1S/C7H11NO2/c1-2-5-3-6(5)8-4-7(9)10/h2,5-6,8H,1,3-4H2,(H,9,10). The topological polar surface area (TPSA) is 49.3 Å². The lowest BCUT2D eigenvalue weighted by Gasteiger charge is -1.95. The van der Waals surface area contributed by atoms with Gasteiger partial charge < -0.3 is 10.4 Å². The third-order valence-corrected chi connectivity index (χ3v) is 1.66. The van der Waals surface area contributed by atoms with Crippen LogP contribution in [0.3, 0.4) is 0 Å². The van der Waals surface area contributed by atoms with E-state index >= 15 is 0 Å². The average Bonchev–Trinajstić information content (AvgIpc) is 2.61. The molecule has 3 nitrogen and oxygen atoms in total. The zero-order chi connectivity index (χ0) is 7.56. The Balaban J connectivity index is 2.07. The molecule has 1 aliphatic carbocycles. The Hall–Kier alpha value is -0.830. The lowest BCUT2D eigenvalue weighted by atomic mass is 10.4. The van der Waals surface area contributed by atoms with E-state index in [-0.39, 0.29) is 6.54 Å². The van der Waals surface area contributed by atoms with Crippen molar-refractivity contribution in [3.05, 3.63) is 12.7 Å². The number of hydrogen-bond donors (Lipinski definition) is 2. The summed E-state index contributed by atoms with van der Waals surface area (Å²) in [5.41, 5.74) is 0. The normalized spacial score (nSPS) is 29.6. The zero-order valence-electron chi connectivity index (χ0n) is 5.71. The molecule has 1 aliphatic rings. The SMILES string of the molecule is C=CC1CC1NCC(=O)O. The van der Waals surface area contributed by atoms with Crippen LogP contribution in [0.25, 0.3) is 0 Å². The van der Waals surface area contributed by atoms with Crippen LogP contribution in [0.5, 0.6) is 0 Å². The molecule has 0 amide bonds. The van der Waals surface area contributed by atoms with E-state index in [1.54, 1.807) is 0 Å². The maximum absolute atomic E-state index is 10.0. The van der Waals surface area contributed by atoms with Gasteiger partial charge in [-0.15, -0.1) is 6.58 Å². The van der Waals surface area contributed by atoms with Gasteiger partial charge in [0.15, 0.2) is 0 Å². The summed E-state index contributed by atoms with van der Waals surface area (Å²) in [4.78, 5) is 10.0. The van der Waals surface area contributed by atoms with Gasteiger partial charge in [0.25, 0.3) is 0 Å². The minimum atomic E-state index is -0.797. The minimum Gasteiger partial charge on any atom is -0.480 e. The van der Waals surface area contributed by atoms with Crippen LogP contribution in [0.4, 0.5) is 0 Å². The monoisotopic (exact) mass is 141 g/mol. The number of carboxylic acids is 1. The fourth-order valence-electron chi connectivity index (χ4n) is 0.928. The van der Waals surface area contributed by atoms with Gasteiger partial charge in [0.05, 0.1) is 6.54 Å². The predicted octanol–water partition coefficient (Wildman–Crippen LogP) is 0.235. The van der Waals surface area contributed by atoms with Gasteiger partial charge in [-0.1, -0.05) is 6.08 Å². The number of hydrogen-bond acceptors (Lipinski definition) is 2. The molecule has 0 spiro atoms. The molecule has 2 N–H and O–H groups in total. The molecule has 0 bridgehead atoms. The number of carboxylic acid groups (broad SMARTS) is 1. The van der Waals surface area contributed by atoms with Gasteiger partial charge in [0.2, 0.25) is 0 Å². The lowest BCUT2D eigenvalue weighted by Crippen LogP contribution is -2.25. The third kappa shape index (κ3) is 1.84. The molecule has 1 rings (SSSR count). The van der Waals surface area contributed by atoms with Crippen molar-refractivity contribution >= 4 is 5.97 Å². The second-order valence-electron chi connectivity index (χ2n) is 2.52. The van der Waals surface area contributed by atoms with Crippen molar-refractivity contribution in [1.82, 2.24) is 5.32 Å². The Morgan fingerprint density at radius 2 is 2.60 bits per heavy atom. The van der Waals surface area contributed by atoms with E-state index in [1.165, 1.54) is 0 Å². The molecule has 0 saturated heterocycles. The van der Waals surface area contributed by atoms with Crippen molar-refractivity contribution < 1.29 is 9.90 Å². The van der Waals surface area contributed by atoms with Crippen molar-refractivity contribution in [1.29, 1.82) is 0 Å². The summed E-state index contributed by atoms with van der Waals surface area (Å²) >= 11 is 0. The molecule has 2 unspecified atom stereocenters. The van der Waals surface area contributed by atoms with E-state index in [4.69, 9.17) is 5.11 Å². The van der Waals surface area contributed by atoms with Crippen LogP contribution in [-0.2, 0) is 4.79 Å². The summed E-state index contributed by atoms with van der Waals surface area (Å²) < 4.78 is 0. The number of carbonyl (C=O) groups is 1.